The van der Waals surface area contributed by atoms with Gasteiger partial charge in [0.1, 0.15) is 0 Å². The van der Waals surface area contributed by atoms with E-state index in [2.05, 4.69) is 0 Å². The molecule has 0 saturated carbocycles. The molecule has 0 amide bonds. The van der Waals surface area contributed by atoms with Gasteiger partial charge in [0.15, 0.2) is 0 Å². The number of carboxylic acids is 1. The third kappa shape index (κ3) is 4.10. The molecule has 0 aromatic heterocycles. The minimum Gasteiger partial charge on any atom is -0.550 e. The van der Waals surface area contributed by atoms with Gasteiger partial charge in [-0.25, -0.2) is 8.42 Å². The Kier molecular flexibility index (Phi) is 5.44. The summed E-state index contributed by atoms with van der Waals surface area (Å²) < 4.78 is 26.9. The predicted molar refractivity (Wildman–Crippen MR) is 84.5 cm³/mol. The van der Waals surface area contributed by atoms with E-state index in [1.807, 2.05) is 26.8 Å². The number of carboxylic acid groups (broad SMARTS) is 1. The molecule has 1 aromatic rings. The topological polar surface area (TPSA) is 82.0 Å². The molecule has 2 rings (SSSR count). The van der Waals surface area contributed by atoms with E-state index in [4.69, 9.17) is 0 Å². The van der Waals surface area contributed by atoms with Crippen LogP contribution in [-0.2, 0) is 14.8 Å². The number of piperazine rings is 1. The maximum atomic E-state index is 12.7. The zero-order valence-electron chi connectivity index (χ0n) is 13.8. The summed E-state index contributed by atoms with van der Waals surface area (Å²) in [7, 11) is -3.48. The van der Waals surface area contributed by atoms with Gasteiger partial charge in [0.25, 0.3) is 0 Å². The quantitative estimate of drug-likeness (QED) is 0.724. The Morgan fingerprint density at radius 1 is 1.26 bits per heavy atom. The van der Waals surface area contributed by atoms with Crippen molar-refractivity contribution >= 4 is 16.0 Å². The standard InChI is InChI=1S/C16H24N2O4S/c1-12-4-5-15(10-13(12)2)23(21,22)18-8-6-17(7-9-18)14(3)11-16(19)20/h4-5,10,14H,6-9,11H2,1-3H3,(H,19,20)/t14-/m1/s1. The van der Waals surface area contributed by atoms with Gasteiger partial charge >= 0.3 is 0 Å². The second-order valence-electron chi connectivity index (χ2n) is 6.29. The SMILES string of the molecule is Cc1ccc(S(=O)(=O)N2CC[NH+]([C@H](C)CC(=O)[O-])CC2)cc1C. The molecule has 0 bridgehead atoms. The second-order valence-corrected chi connectivity index (χ2v) is 8.22. The first kappa shape index (κ1) is 17.9. The molecule has 7 heteroatoms. The van der Waals surface area contributed by atoms with Gasteiger partial charge in [-0.1, -0.05) is 6.07 Å². The molecule has 0 spiro atoms. The highest BCUT2D eigenvalue weighted by atomic mass is 32.2. The van der Waals surface area contributed by atoms with E-state index in [0.29, 0.717) is 31.1 Å². The van der Waals surface area contributed by atoms with Gasteiger partial charge in [-0.3, -0.25) is 0 Å². The molecule has 6 nitrogen and oxygen atoms in total. The van der Waals surface area contributed by atoms with E-state index < -0.39 is 16.0 Å². The van der Waals surface area contributed by atoms with Crippen LogP contribution in [0.1, 0.15) is 24.5 Å². The number of carbonyl (C=O) groups excluding carboxylic acids is 1. The van der Waals surface area contributed by atoms with Crippen LogP contribution in [0.4, 0.5) is 0 Å². The van der Waals surface area contributed by atoms with Gasteiger partial charge in [0, 0.05) is 12.4 Å². The van der Waals surface area contributed by atoms with Gasteiger partial charge in [0.05, 0.1) is 37.1 Å². The zero-order valence-corrected chi connectivity index (χ0v) is 14.6. The first-order valence-electron chi connectivity index (χ1n) is 7.83. The molecule has 128 valence electrons. The number of quaternary nitrogens is 1. The smallest absolute Gasteiger partial charge is 0.243 e. The van der Waals surface area contributed by atoms with E-state index >= 15 is 0 Å². The first-order valence-corrected chi connectivity index (χ1v) is 9.27. The third-order valence-corrected chi connectivity index (χ3v) is 6.55. The van der Waals surface area contributed by atoms with Gasteiger partial charge in [-0.2, -0.15) is 4.31 Å². The van der Waals surface area contributed by atoms with Crippen molar-refractivity contribution in [1.29, 1.82) is 0 Å². The van der Waals surface area contributed by atoms with Crippen molar-refractivity contribution in [2.75, 3.05) is 26.2 Å². The largest absolute Gasteiger partial charge is 0.550 e. The molecule has 0 radical (unpaired) electrons. The molecule has 0 aliphatic carbocycles. The highest BCUT2D eigenvalue weighted by Gasteiger charge is 2.32. The highest BCUT2D eigenvalue weighted by Crippen LogP contribution is 2.19. The number of sulfonamides is 1. The van der Waals surface area contributed by atoms with Crippen molar-refractivity contribution in [2.45, 2.75) is 38.1 Å². The molecule has 1 heterocycles. The second kappa shape index (κ2) is 6.98. The van der Waals surface area contributed by atoms with Crippen molar-refractivity contribution < 1.29 is 23.2 Å². The average molecular weight is 340 g/mol. The molecular formula is C16H24N2O4S. The molecule has 1 fully saturated rings. The summed E-state index contributed by atoms with van der Waals surface area (Å²) in [4.78, 5) is 12.1. The Balaban J connectivity index is 2.06. The Labute approximate surface area is 137 Å². The Morgan fingerprint density at radius 3 is 2.39 bits per heavy atom. The molecule has 1 saturated heterocycles. The minimum atomic E-state index is -3.48. The summed E-state index contributed by atoms with van der Waals surface area (Å²) in [5.74, 6) is -1.06. The van der Waals surface area contributed by atoms with Crippen LogP contribution in [0.2, 0.25) is 0 Å². The van der Waals surface area contributed by atoms with Gasteiger partial charge in [0.2, 0.25) is 10.0 Å². The fourth-order valence-electron chi connectivity index (χ4n) is 2.92. The van der Waals surface area contributed by atoms with Crippen molar-refractivity contribution in [2.24, 2.45) is 0 Å². The van der Waals surface area contributed by atoms with Crippen LogP contribution >= 0.6 is 0 Å². The lowest BCUT2D eigenvalue weighted by atomic mass is 10.1. The summed E-state index contributed by atoms with van der Waals surface area (Å²) in [6.07, 6.45) is -0.000754. The van der Waals surface area contributed by atoms with E-state index in [0.717, 1.165) is 16.0 Å². The first-order chi connectivity index (χ1) is 10.7. The molecule has 1 atom stereocenters. The number of nitrogens with zero attached hydrogens (tertiary/aromatic N) is 1. The van der Waals surface area contributed by atoms with Crippen molar-refractivity contribution in [1.82, 2.24) is 4.31 Å². The summed E-state index contributed by atoms with van der Waals surface area (Å²) in [6.45, 7) is 7.74. The summed E-state index contributed by atoms with van der Waals surface area (Å²) in [6, 6.07) is 5.12. The average Bonchev–Trinajstić information content (AvgIpc) is 2.49. The molecule has 1 aliphatic heterocycles. The summed E-state index contributed by atoms with van der Waals surface area (Å²) >= 11 is 0. The lowest BCUT2D eigenvalue weighted by Gasteiger charge is -2.35. The number of aryl methyl sites for hydroxylation is 2. The van der Waals surface area contributed by atoms with E-state index in [1.54, 1.807) is 12.1 Å². The van der Waals surface area contributed by atoms with E-state index in [1.165, 1.54) is 4.31 Å². The van der Waals surface area contributed by atoms with Crippen LogP contribution in [0.25, 0.3) is 0 Å². The number of aliphatic carboxylic acids is 1. The summed E-state index contributed by atoms with van der Waals surface area (Å²) in [5, 5.41) is 10.7. The maximum Gasteiger partial charge on any atom is 0.243 e. The predicted octanol–water partition coefficient (Wildman–Crippen LogP) is -1.28. The zero-order chi connectivity index (χ0) is 17.2. The van der Waals surface area contributed by atoms with Gasteiger partial charge in [-0.05, 0) is 44.0 Å². The van der Waals surface area contributed by atoms with Crippen LogP contribution in [0, 0.1) is 13.8 Å². The van der Waals surface area contributed by atoms with Gasteiger partial charge in [-0.15, -0.1) is 0 Å². The van der Waals surface area contributed by atoms with Crippen LogP contribution in [0.5, 0.6) is 0 Å². The highest BCUT2D eigenvalue weighted by molar-refractivity contribution is 7.89. The van der Waals surface area contributed by atoms with Crippen LogP contribution in [0.3, 0.4) is 0 Å². The third-order valence-electron chi connectivity index (χ3n) is 4.65. The Bertz CT molecular complexity index is 679. The normalized spacial score (nSPS) is 18.7. The minimum absolute atomic E-state index is 0.000754. The lowest BCUT2D eigenvalue weighted by molar-refractivity contribution is -0.926. The molecule has 23 heavy (non-hydrogen) atoms. The van der Waals surface area contributed by atoms with Crippen molar-refractivity contribution in [3.63, 3.8) is 0 Å². The molecular weight excluding hydrogens is 316 g/mol. The number of hydrogen-bond acceptors (Lipinski definition) is 4. The van der Waals surface area contributed by atoms with E-state index in [9.17, 15) is 18.3 Å². The van der Waals surface area contributed by atoms with E-state index in [-0.39, 0.29) is 12.5 Å². The fraction of sp³-hybridized carbons (Fsp3) is 0.562. The lowest BCUT2D eigenvalue weighted by Crippen LogP contribution is -3.18. The number of hydrogen-bond donors (Lipinski definition) is 1. The number of carbonyl (C=O) groups is 1. The number of nitrogens with one attached hydrogen (secondary N) is 1. The monoisotopic (exact) mass is 340 g/mol. The molecule has 1 aromatic carbocycles. The van der Waals surface area contributed by atoms with Crippen LogP contribution in [-0.4, -0.2) is 50.9 Å². The van der Waals surface area contributed by atoms with Crippen molar-refractivity contribution in [3.8, 4) is 0 Å². The maximum absolute atomic E-state index is 12.7. The Morgan fingerprint density at radius 2 is 1.87 bits per heavy atom. The molecule has 1 aliphatic rings. The number of rotatable bonds is 5. The van der Waals surface area contributed by atoms with Crippen molar-refractivity contribution in [3.05, 3.63) is 29.3 Å². The number of benzene rings is 1. The van der Waals surface area contributed by atoms with Crippen LogP contribution < -0.4 is 10.0 Å². The van der Waals surface area contributed by atoms with Gasteiger partial charge < -0.3 is 14.8 Å². The fourth-order valence-corrected chi connectivity index (χ4v) is 4.45. The molecule has 1 N–H and O–H groups in total. The van der Waals surface area contributed by atoms with Crippen LogP contribution in [0.15, 0.2) is 23.1 Å². The Hall–Kier alpha value is -1.44. The summed E-state index contributed by atoms with van der Waals surface area (Å²) in [5.41, 5.74) is 2.02. The molecule has 0 unspecified atom stereocenters.